The summed E-state index contributed by atoms with van der Waals surface area (Å²) in [6.45, 7) is 1.20. The zero-order chi connectivity index (χ0) is 19.4. The lowest BCUT2D eigenvalue weighted by atomic mass is 10.1. The van der Waals surface area contributed by atoms with E-state index in [1.165, 1.54) is 6.92 Å². The number of hydrogen-bond donors (Lipinski definition) is 2. The van der Waals surface area contributed by atoms with Gasteiger partial charge in [-0.25, -0.2) is 22.0 Å². The van der Waals surface area contributed by atoms with Gasteiger partial charge in [-0.15, -0.1) is 0 Å². The number of ketones is 1. The lowest BCUT2D eigenvalue weighted by Crippen LogP contribution is -2.47. The molecule has 0 amide bonds. The average Bonchev–Trinajstić information content (AvgIpc) is 2.41. The third-order valence-electron chi connectivity index (χ3n) is 3.59. The van der Waals surface area contributed by atoms with Crippen molar-refractivity contribution in [2.24, 2.45) is 5.14 Å². The van der Waals surface area contributed by atoms with Crippen LogP contribution in [0.4, 0.5) is 18.9 Å². The van der Waals surface area contributed by atoms with Crippen molar-refractivity contribution < 1.29 is 34.8 Å². The Morgan fingerprint density at radius 1 is 1.36 bits per heavy atom. The third-order valence-corrected chi connectivity index (χ3v) is 6.45. The van der Waals surface area contributed by atoms with Crippen LogP contribution in [-0.4, -0.2) is 40.1 Å². The summed E-state index contributed by atoms with van der Waals surface area (Å²) in [4.78, 5) is 9.24. The second kappa shape index (κ2) is 5.93. The number of nitrogens with zero attached hydrogens (tertiary/aromatic N) is 1. The summed E-state index contributed by atoms with van der Waals surface area (Å²) in [6.07, 6.45) is -6.47. The summed E-state index contributed by atoms with van der Waals surface area (Å²) < 4.78 is 88.2. The zero-order valence-corrected chi connectivity index (χ0v) is 14.6. The molecule has 0 saturated heterocycles. The van der Waals surface area contributed by atoms with E-state index < -0.39 is 53.4 Å². The Morgan fingerprint density at radius 2 is 1.92 bits per heavy atom. The monoisotopic (exact) mass is 401 g/mol. The van der Waals surface area contributed by atoms with Gasteiger partial charge in [-0.2, -0.15) is 17.5 Å². The molecule has 8 nitrogen and oxygen atoms in total. The standard InChI is InChI=1S/C12H14F3N3O5S2/c1-6(19)3-11-17-8-4-7(12(13,14)15)9(24(16,20)21)5-10(8)25(22,23)18(11)2/h4-5,11,17H,3H2,1-2H3,(H2,16,20,21). The fraction of sp³-hybridized carbons (Fsp3) is 0.417. The first-order chi connectivity index (χ1) is 11.2. The van der Waals surface area contributed by atoms with Crippen molar-refractivity contribution in [3.63, 3.8) is 0 Å². The van der Waals surface area contributed by atoms with Gasteiger partial charge in [0, 0.05) is 13.5 Å². The van der Waals surface area contributed by atoms with Gasteiger partial charge in [-0.05, 0) is 19.1 Å². The number of nitrogens with one attached hydrogen (secondary N) is 1. The number of fused-ring (bicyclic) bond motifs is 1. The molecule has 1 heterocycles. The van der Waals surface area contributed by atoms with Crippen LogP contribution in [0.1, 0.15) is 18.9 Å². The van der Waals surface area contributed by atoms with Crippen molar-refractivity contribution in [2.45, 2.75) is 35.5 Å². The highest BCUT2D eigenvalue weighted by Crippen LogP contribution is 2.41. The number of benzene rings is 1. The summed E-state index contributed by atoms with van der Waals surface area (Å²) >= 11 is 0. The third kappa shape index (κ3) is 3.63. The minimum atomic E-state index is -5.08. The van der Waals surface area contributed by atoms with E-state index in [-0.39, 0.29) is 12.2 Å². The van der Waals surface area contributed by atoms with Crippen LogP contribution >= 0.6 is 0 Å². The molecule has 3 N–H and O–H groups in total. The second-order valence-corrected chi connectivity index (χ2v) is 8.97. The van der Waals surface area contributed by atoms with Crippen LogP contribution in [0.15, 0.2) is 21.9 Å². The molecule has 0 bridgehead atoms. The average molecular weight is 401 g/mol. The van der Waals surface area contributed by atoms with Gasteiger partial charge in [-0.1, -0.05) is 0 Å². The van der Waals surface area contributed by atoms with Crippen molar-refractivity contribution in [2.75, 3.05) is 12.4 Å². The van der Waals surface area contributed by atoms with Gasteiger partial charge in [0.25, 0.3) is 0 Å². The number of carbonyl (C=O) groups excluding carboxylic acids is 1. The molecule has 1 unspecified atom stereocenters. The number of primary sulfonamides is 1. The highest BCUT2D eigenvalue weighted by atomic mass is 32.2. The van der Waals surface area contributed by atoms with Crippen LogP contribution in [0, 0.1) is 0 Å². The summed E-state index contributed by atoms with van der Waals surface area (Å²) in [7, 11) is -8.05. The molecule has 0 fully saturated rings. The molecule has 0 radical (unpaired) electrons. The van der Waals surface area contributed by atoms with Gasteiger partial charge in [0.15, 0.2) is 0 Å². The molecule has 0 saturated carbocycles. The van der Waals surface area contributed by atoms with E-state index in [0.29, 0.717) is 12.1 Å². The van der Waals surface area contributed by atoms with Crippen LogP contribution in [0.5, 0.6) is 0 Å². The highest BCUT2D eigenvalue weighted by molar-refractivity contribution is 7.90. The lowest BCUT2D eigenvalue weighted by Gasteiger charge is -2.35. The number of sulfonamides is 2. The minimum absolute atomic E-state index is 0.284. The molecule has 0 spiro atoms. The Bertz CT molecular complexity index is 941. The Kier molecular flexibility index (Phi) is 4.66. The largest absolute Gasteiger partial charge is 0.417 e. The molecule has 0 aliphatic carbocycles. The number of nitrogens with two attached hydrogens (primary N) is 1. The van der Waals surface area contributed by atoms with E-state index in [1.807, 2.05) is 0 Å². The van der Waals surface area contributed by atoms with E-state index in [2.05, 4.69) is 5.32 Å². The Hall–Kier alpha value is -1.70. The normalized spacial score (nSPS) is 20.6. The van der Waals surface area contributed by atoms with Gasteiger partial charge in [0.2, 0.25) is 20.0 Å². The van der Waals surface area contributed by atoms with E-state index in [4.69, 9.17) is 5.14 Å². The lowest BCUT2D eigenvalue weighted by molar-refractivity contribution is -0.139. The Balaban J connectivity index is 2.79. The Morgan fingerprint density at radius 3 is 2.36 bits per heavy atom. The topological polar surface area (TPSA) is 127 Å². The van der Waals surface area contributed by atoms with Gasteiger partial charge < -0.3 is 5.32 Å². The molecule has 1 aromatic rings. The molecule has 1 aliphatic rings. The molecular formula is C12H14F3N3O5S2. The SMILES string of the molecule is CC(=O)CC1Nc2cc(C(F)(F)F)c(S(N)(=O)=O)cc2S(=O)(=O)N1C. The molecule has 1 aliphatic heterocycles. The predicted octanol–water partition coefficient (Wildman–Crippen LogP) is 0.704. The van der Waals surface area contributed by atoms with Crippen LogP contribution in [0.2, 0.25) is 0 Å². The summed E-state index contributed by atoms with van der Waals surface area (Å²) in [5, 5.41) is 7.32. The van der Waals surface area contributed by atoms with Crippen molar-refractivity contribution in [1.29, 1.82) is 0 Å². The van der Waals surface area contributed by atoms with Crippen LogP contribution < -0.4 is 10.5 Å². The fourth-order valence-electron chi connectivity index (χ4n) is 2.39. The number of anilines is 1. The van der Waals surface area contributed by atoms with Crippen molar-refractivity contribution in [3.05, 3.63) is 17.7 Å². The molecular weight excluding hydrogens is 387 g/mol. The number of alkyl halides is 3. The van der Waals surface area contributed by atoms with Crippen LogP contribution in [0.25, 0.3) is 0 Å². The first-order valence-corrected chi connectivity index (χ1v) is 9.66. The molecule has 13 heteroatoms. The van der Waals surface area contributed by atoms with E-state index in [0.717, 1.165) is 11.4 Å². The molecule has 140 valence electrons. The Labute approximate surface area is 141 Å². The molecule has 1 atom stereocenters. The zero-order valence-electron chi connectivity index (χ0n) is 13.0. The predicted molar refractivity (Wildman–Crippen MR) is 80.5 cm³/mol. The number of hydrogen-bond acceptors (Lipinski definition) is 6. The fourth-order valence-corrected chi connectivity index (χ4v) is 4.66. The first kappa shape index (κ1) is 19.6. The van der Waals surface area contributed by atoms with Gasteiger partial charge >= 0.3 is 6.18 Å². The highest BCUT2D eigenvalue weighted by Gasteiger charge is 2.42. The number of rotatable bonds is 3. The van der Waals surface area contributed by atoms with Crippen molar-refractivity contribution in [3.8, 4) is 0 Å². The smallest absolute Gasteiger partial charge is 0.367 e. The summed E-state index contributed by atoms with van der Waals surface area (Å²) in [5.74, 6) is -0.389. The first-order valence-electron chi connectivity index (χ1n) is 6.67. The maximum Gasteiger partial charge on any atom is 0.417 e. The van der Waals surface area contributed by atoms with Crippen molar-refractivity contribution >= 4 is 31.5 Å². The second-order valence-electron chi connectivity index (χ2n) is 5.47. The number of halogens is 3. The molecule has 0 aromatic heterocycles. The van der Waals surface area contributed by atoms with Gasteiger partial charge in [0.1, 0.15) is 16.8 Å². The van der Waals surface area contributed by atoms with Crippen LogP contribution in [0.3, 0.4) is 0 Å². The van der Waals surface area contributed by atoms with E-state index in [9.17, 15) is 34.8 Å². The van der Waals surface area contributed by atoms with Gasteiger partial charge in [-0.3, -0.25) is 4.79 Å². The number of Topliss-reactive ketones (excluding diaryl/α,β-unsaturated/α-hetero) is 1. The quantitative estimate of drug-likeness (QED) is 0.768. The van der Waals surface area contributed by atoms with E-state index >= 15 is 0 Å². The number of carbonyl (C=O) groups is 1. The minimum Gasteiger partial charge on any atom is -0.367 e. The molecule has 1 aromatic carbocycles. The summed E-state index contributed by atoms with van der Waals surface area (Å²) in [6, 6.07) is 0.739. The van der Waals surface area contributed by atoms with E-state index in [1.54, 1.807) is 0 Å². The van der Waals surface area contributed by atoms with Crippen LogP contribution in [-0.2, 0) is 31.0 Å². The maximum absolute atomic E-state index is 13.2. The molecule has 2 rings (SSSR count). The molecule has 25 heavy (non-hydrogen) atoms. The van der Waals surface area contributed by atoms with Crippen molar-refractivity contribution in [1.82, 2.24) is 4.31 Å². The van der Waals surface area contributed by atoms with Gasteiger partial charge in [0.05, 0.1) is 16.1 Å². The maximum atomic E-state index is 13.2. The summed E-state index contributed by atoms with van der Waals surface area (Å²) in [5.41, 5.74) is -2.05.